The molecule has 0 atom stereocenters. The maximum Gasteiger partial charge on any atom is 0.0573 e. The molecule has 0 aliphatic heterocycles. The number of hydrogen-bond acceptors (Lipinski definition) is 0. The number of halogens is 1. The van der Waals surface area contributed by atoms with Crippen molar-refractivity contribution in [2.45, 2.75) is 38.5 Å². The van der Waals surface area contributed by atoms with Crippen LogP contribution in [0.1, 0.15) is 12.8 Å². The van der Waals surface area contributed by atoms with Gasteiger partial charge in [0.25, 0.3) is 0 Å². The van der Waals surface area contributed by atoms with Crippen molar-refractivity contribution in [3.05, 3.63) is 0 Å². The van der Waals surface area contributed by atoms with Crippen LogP contribution in [0.3, 0.4) is 0 Å². The Bertz CT molecular complexity index is 147. The molecule has 0 saturated heterocycles. The Kier molecular flexibility index (Phi) is 5.99. The fraction of sp³-hybridized carbons (Fsp3) is 0.778. The molecule has 0 saturated carbocycles. The summed E-state index contributed by atoms with van der Waals surface area (Å²) >= 11 is 3.38. The van der Waals surface area contributed by atoms with Crippen molar-refractivity contribution in [2.24, 2.45) is 0 Å². The Morgan fingerprint density at radius 2 is 1.82 bits per heavy atom. The molecular weight excluding hydrogens is 216 g/mol. The lowest BCUT2D eigenvalue weighted by molar-refractivity contribution is 1.00. The van der Waals surface area contributed by atoms with E-state index in [1.165, 1.54) is 6.42 Å². The van der Waals surface area contributed by atoms with Crippen molar-refractivity contribution < 1.29 is 0 Å². The van der Waals surface area contributed by atoms with Crippen molar-refractivity contribution in [1.29, 1.82) is 0 Å². The maximum absolute atomic E-state index is 3.38. The standard InChI is InChI=1S/C9H17BrSi/c1-11(2,3)9-7-5-4-6-8-10/h4,6,8-9H2,1-3H3. The zero-order chi connectivity index (χ0) is 8.74. The van der Waals surface area contributed by atoms with Gasteiger partial charge in [-0.15, -0.1) is 11.8 Å². The van der Waals surface area contributed by atoms with Crippen LogP contribution in [0.5, 0.6) is 0 Å². The average molecular weight is 233 g/mol. The van der Waals surface area contributed by atoms with Crippen LogP contribution in [0.4, 0.5) is 0 Å². The van der Waals surface area contributed by atoms with Gasteiger partial charge in [-0.1, -0.05) is 35.6 Å². The minimum Gasteiger partial charge on any atom is -0.106 e. The van der Waals surface area contributed by atoms with E-state index in [-0.39, 0.29) is 0 Å². The highest BCUT2D eigenvalue weighted by molar-refractivity contribution is 9.09. The van der Waals surface area contributed by atoms with E-state index in [0.717, 1.165) is 17.8 Å². The van der Waals surface area contributed by atoms with E-state index >= 15 is 0 Å². The molecule has 0 radical (unpaired) electrons. The Morgan fingerprint density at radius 3 is 2.27 bits per heavy atom. The number of alkyl halides is 1. The Labute approximate surface area is 79.9 Å². The molecule has 0 aromatic carbocycles. The highest BCUT2D eigenvalue weighted by Crippen LogP contribution is 2.05. The lowest BCUT2D eigenvalue weighted by Crippen LogP contribution is -2.17. The van der Waals surface area contributed by atoms with Crippen LogP contribution in [-0.2, 0) is 0 Å². The van der Waals surface area contributed by atoms with Crippen LogP contribution < -0.4 is 0 Å². The van der Waals surface area contributed by atoms with E-state index in [0.29, 0.717) is 0 Å². The third kappa shape index (κ3) is 10.3. The van der Waals surface area contributed by atoms with Gasteiger partial charge >= 0.3 is 0 Å². The van der Waals surface area contributed by atoms with E-state index in [1.54, 1.807) is 0 Å². The monoisotopic (exact) mass is 232 g/mol. The lowest BCUT2D eigenvalue weighted by atomic mass is 10.3. The van der Waals surface area contributed by atoms with E-state index in [2.05, 4.69) is 47.4 Å². The third-order valence-electron chi connectivity index (χ3n) is 1.18. The largest absolute Gasteiger partial charge is 0.106 e. The summed E-state index contributed by atoms with van der Waals surface area (Å²) in [4.78, 5) is 0. The second-order valence-electron chi connectivity index (χ2n) is 3.88. The van der Waals surface area contributed by atoms with Crippen molar-refractivity contribution in [1.82, 2.24) is 0 Å². The molecule has 0 aromatic rings. The maximum atomic E-state index is 3.38. The first-order valence-corrected chi connectivity index (χ1v) is 8.91. The zero-order valence-electron chi connectivity index (χ0n) is 7.71. The van der Waals surface area contributed by atoms with Gasteiger partial charge in [0.15, 0.2) is 0 Å². The Balaban J connectivity index is 3.41. The summed E-state index contributed by atoms with van der Waals surface area (Å²) in [5, 5.41) is 1.08. The molecule has 0 N–H and O–H groups in total. The minimum absolute atomic E-state index is 0.903. The molecule has 0 fully saturated rings. The number of unbranched alkanes of at least 4 members (excludes halogenated alkanes) is 1. The second kappa shape index (κ2) is 5.85. The molecule has 0 heterocycles. The van der Waals surface area contributed by atoms with Crippen molar-refractivity contribution in [2.75, 3.05) is 5.33 Å². The fourth-order valence-corrected chi connectivity index (χ4v) is 1.51. The molecule has 0 amide bonds. The summed E-state index contributed by atoms with van der Waals surface area (Å²) in [6.07, 6.45) is 2.23. The van der Waals surface area contributed by atoms with Gasteiger partial charge in [-0.05, 0) is 6.42 Å². The molecule has 0 aromatic heterocycles. The summed E-state index contributed by atoms with van der Waals surface area (Å²) in [5.74, 6) is 6.45. The molecule has 0 nitrogen and oxygen atoms in total. The zero-order valence-corrected chi connectivity index (χ0v) is 10.3. The number of rotatable bonds is 3. The van der Waals surface area contributed by atoms with Crippen molar-refractivity contribution in [3.8, 4) is 11.8 Å². The van der Waals surface area contributed by atoms with E-state index in [1.807, 2.05) is 0 Å². The van der Waals surface area contributed by atoms with Gasteiger partial charge < -0.3 is 0 Å². The van der Waals surface area contributed by atoms with Gasteiger partial charge in [-0.2, -0.15) is 0 Å². The van der Waals surface area contributed by atoms with Gasteiger partial charge in [-0.25, -0.2) is 0 Å². The van der Waals surface area contributed by atoms with Crippen LogP contribution >= 0.6 is 15.9 Å². The summed E-state index contributed by atoms with van der Waals surface area (Å²) < 4.78 is 0. The first kappa shape index (κ1) is 11.3. The smallest absolute Gasteiger partial charge is 0.0573 e. The SMILES string of the molecule is C[Si](C)(C)CC#CCCCBr. The number of hydrogen-bond donors (Lipinski definition) is 0. The van der Waals surface area contributed by atoms with Crippen LogP contribution in [0.15, 0.2) is 0 Å². The average Bonchev–Trinajstić information content (AvgIpc) is 1.85. The van der Waals surface area contributed by atoms with E-state index < -0.39 is 8.07 Å². The molecule has 0 rings (SSSR count). The highest BCUT2D eigenvalue weighted by Gasteiger charge is 2.09. The van der Waals surface area contributed by atoms with Crippen LogP contribution in [0, 0.1) is 11.8 Å². The molecule has 0 spiro atoms. The van der Waals surface area contributed by atoms with Crippen LogP contribution in [0.25, 0.3) is 0 Å². The summed E-state index contributed by atoms with van der Waals surface area (Å²) in [6, 6.07) is 1.15. The van der Waals surface area contributed by atoms with E-state index in [4.69, 9.17) is 0 Å². The molecule has 2 heteroatoms. The fourth-order valence-electron chi connectivity index (χ4n) is 0.571. The molecular formula is C9H17BrSi. The van der Waals surface area contributed by atoms with Gasteiger partial charge in [-0.3, -0.25) is 0 Å². The van der Waals surface area contributed by atoms with Crippen LogP contribution in [-0.4, -0.2) is 13.4 Å². The van der Waals surface area contributed by atoms with Gasteiger partial charge in [0.2, 0.25) is 0 Å². The van der Waals surface area contributed by atoms with E-state index in [9.17, 15) is 0 Å². The van der Waals surface area contributed by atoms with Crippen molar-refractivity contribution >= 4 is 24.0 Å². The van der Waals surface area contributed by atoms with Crippen LogP contribution in [0.2, 0.25) is 25.7 Å². The molecule has 64 valence electrons. The quantitative estimate of drug-likeness (QED) is 0.303. The first-order chi connectivity index (χ1) is 5.06. The molecule has 0 aliphatic rings. The normalized spacial score (nSPS) is 10.5. The topological polar surface area (TPSA) is 0 Å². The molecule has 0 bridgehead atoms. The predicted molar refractivity (Wildman–Crippen MR) is 59.0 cm³/mol. The van der Waals surface area contributed by atoms with Gasteiger partial charge in [0.05, 0.1) is 8.07 Å². The first-order valence-electron chi connectivity index (χ1n) is 4.08. The van der Waals surface area contributed by atoms with Gasteiger partial charge in [0, 0.05) is 17.8 Å². The second-order valence-corrected chi connectivity index (χ2v) is 10.2. The highest BCUT2D eigenvalue weighted by atomic mass is 79.9. The minimum atomic E-state index is -0.903. The molecule has 0 unspecified atom stereocenters. The third-order valence-corrected chi connectivity index (χ3v) is 2.98. The molecule has 11 heavy (non-hydrogen) atoms. The van der Waals surface area contributed by atoms with Crippen molar-refractivity contribution in [3.63, 3.8) is 0 Å². The molecule has 0 aliphatic carbocycles. The summed E-state index contributed by atoms with van der Waals surface area (Å²) in [6.45, 7) is 7.06. The lowest BCUT2D eigenvalue weighted by Gasteiger charge is -2.09. The van der Waals surface area contributed by atoms with Gasteiger partial charge in [0.1, 0.15) is 0 Å². The predicted octanol–water partition coefficient (Wildman–Crippen LogP) is 3.50. The Hall–Kier alpha value is 0.257. The summed E-state index contributed by atoms with van der Waals surface area (Å²) in [5.41, 5.74) is 0. The Morgan fingerprint density at radius 1 is 1.18 bits per heavy atom. The summed E-state index contributed by atoms with van der Waals surface area (Å²) in [7, 11) is -0.903.